The van der Waals surface area contributed by atoms with Gasteiger partial charge in [0.15, 0.2) is 10.8 Å². The number of likely N-dealkylation sites (tertiary alicyclic amines) is 1. The third kappa shape index (κ3) is 4.20. The second kappa shape index (κ2) is 8.62. The van der Waals surface area contributed by atoms with Crippen molar-refractivity contribution in [2.75, 3.05) is 33.4 Å². The Balaban J connectivity index is 1.58. The number of aromatic nitrogens is 1. The molecule has 1 N–H and O–H groups in total. The average Bonchev–Trinajstić information content (AvgIpc) is 3.46. The topological polar surface area (TPSA) is 93.1 Å². The molecule has 2 fully saturated rings. The summed E-state index contributed by atoms with van der Waals surface area (Å²) in [4.78, 5) is 34.7. The van der Waals surface area contributed by atoms with Gasteiger partial charge in [-0.25, -0.2) is 18.6 Å². The Morgan fingerprint density at radius 1 is 1.39 bits per heavy atom. The summed E-state index contributed by atoms with van der Waals surface area (Å²) in [6, 6.07) is -0.473. The number of rotatable bonds is 6. The molecule has 2 aliphatic heterocycles. The number of hydrogen-bond donors (Lipinski definition) is 1. The van der Waals surface area contributed by atoms with E-state index in [2.05, 4.69) is 15.3 Å². The Labute approximate surface area is 182 Å². The first-order valence-corrected chi connectivity index (χ1v) is 11.0. The third-order valence-electron chi connectivity index (χ3n) is 6.04. The van der Waals surface area contributed by atoms with E-state index in [1.54, 1.807) is 23.4 Å². The van der Waals surface area contributed by atoms with Gasteiger partial charge < -0.3 is 14.8 Å². The van der Waals surface area contributed by atoms with Gasteiger partial charge in [0.05, 0.1) is 38.3 Å². The highest BCUT2D eigenvalue weighted by atomic mass is 32.1. The predicted octanol–water partition coefficient (Wildman–Crippen LogP) is 1.83. The number of alkyl halides is 2. The lowest BCUT2D eigenvalue weighted by Gasteiger charge is -2.28. The fourth-order valence-electron chi connectivity index (χ4n) is 4.63. The molecule has 3 aliphatic rings. The van der Waals surface area contributed by atoms with Crippen LogP contribution in [0.15, 0.2) is 27.8 Å². The lowest BCUT2D eigenvalue weighted by molar-refractivity contribution is -0.146. The predicted molar refractivity (Wildman–Crippen MR) is 109 cm³/mol. The Kier molecular flexibility index (Phi) is 6.07. The zero-order chi connectivity index (χ0) is 22.2. The number of amidine groups is 1. The van der Waals surface area contributed by atoms with Crippen molar-refractivity contribution in [2.24, 2.45) is 16.8 Å². The summed E-state index contributed by atoms with van der Waals surface area (Å²) in [6.07, 6.45) is 2.05. The molecule has 3 heterocycles. The van der Waals surface area contributed by atoms with Gasteiger partial charge in [0.1, 0.15) is 0 Å². The molecule has 1 aliphatic carbocycles. The fraction of sp³-hybridized carbons (Fsp3) is 0.600. The van der Waals surface area contributed by atoms with Crippen molar-refractivity contribution in [3.8, 4) is 0 Å². The molecule has 0 aromatic carbocycles. The number of halogens is 2. The first-order chi connectivity index (χ1) is 14.8. The highest BCUT2D eigenvalue weighted by Crippen LogP contribution is 2.49. The summed E-state index contributed by atoms with van der Waals surface area (Å²) in [5, 5.41) is 5.58. The molecule has 168 valence electrons. The molecular weight excluding hydrogens is 430 g/mol. The van der Waals surface area contributed by atoms with E-state index in [0.717, 1.165) is 0 Å². The number of esters is 2. The van der Waals surface area contributed by atoms with Crippen LogP contribution in [0.4, 0.5) is 8.78 Å². The Morgan fingerprint density at radius 3 is 2.87 bits per heavy atom. The van der Waals surface area contributed by atoms with E-state index in [9.17, 15) is 18.4 Å². The summed E-state index contributed by atoms with van der Waals surface area (Å²) in [5.41, 5.74) is 0.799. The average molecular weight is 454 g/mol. The molecule has 11 heteroatoms. The number of carbonyl (C=O) groups excluding carboxylic acids is 2. The number of nitrogens with zero attached hydrogens (tertiary/aromatic N) is 3. The number of nitrogens with one attached hydrogen (secondary N) is 1. The van der Waals surface area contributed by atoms with Crippen LogP contribution in [0.1, 0.15) is 24.8 Å². The number of methoxy groups -OCH3 is 1. The van der Waals surface area contributed by atoms with Crippen LogP contribution >= 0.6 is 11.3 Å². The summed E-state index contributed by atoms with van der Waals surface area (Å²) in [5.74, 6) is -4.85. The van der Waals surface area contributed by atoms with Crippen molar-refractivity contribution in [3.05, 3.63) is 27.9 Å². The minimum absolute atomic E-state index is 0.0825. The van der Waals surface area contributed by atoms with Crippen molar-refractivity contribution >= 4 is 29.1 Å². The molecule has 0 bridgehead atoms. The van der Waals surface area contributed by atoms with Crippen molar-refractivity contribution in [2.45, 2.75) is 31.7 Å². The second-order valence-corrected chi connectivity index (χ2v) is 8.73. The highest BCUT2D eigenvalue weighted by Gasteiger charge is 2.59. The molecule has 1 saturated heterocycles. The van der Waals surface area contributed by atoms with E-state index in [0.29, 0.717) is 28.5 Å². The largest absolute Gasteiger partial charge is 0.469 e. The summed E-state index contributed by atoms with van der Waals surface area (Å²) < 4.78 is 39.5. The van der Waals surface area contributed by atoms with Crippen molar-refractivity contribution in [1.29, 1.82) is 0 Å². The van der Waals surface area contributed by atoms with Crippen molar-refractivity contribution in [1.82, 2.24) is 15.2 Å². The maximum absolute atomic E-state index is 14.8. The van der Waals surface area contributed by atoms with Gasteiger partial charge in [-0.3, -0.25) is 14.7 Å². The molecule has 3 unspecified atom stereocenters. The SMILES string of the molecule is CCOC(=O)C1=C(CN2CC(F)(F)C3CC(C(=O)OC)CC32)NC(c2nccs2)=NC1. The van der Waals surface area contributed by atoms with Gasteiger partial charge in [0, 0.05) is 35.8 Å². The lowest BCUT2D eigenvalue weighted by atomic mass is 9.99. The molecule has 1 aromatic heterocycles. The molecule has 4 rings (SSSR count). The van der Waals surface area contributed by atoms with E-state index in [1.807, 2.05) is 0 Å². The first-order valence-electron chi connectivity index (χ1n) is 10.1. The van der Waals surface area contributed by atoms with E-state index in [-0.39, 0.29) is 26.1 Å². The Bertz CT molecular complexity index is 918. The number of thiazole rings is 1. The quantitative estimate of drug-likeness (QED) is 0.656. The zero-order valence-corrected chi connectivity index (χ0v) is 18.1. The summed E-state index contributed by atoms with van der Waals surface area (Å²) in [7, 11) is 1.27. The molecule has 1 saturated carbocycles. The van der Waals surface area contributed by atoms with Gasteiger partial charge in [-0.2, -0.15) is 0 Å². The third-order valence-corrected chi connectivity index (χ3v) is 6.82. The van der Waals surface area contributed by atoms with E-state index in [4.69, 9.17) is 9.47 Å². The number of ether oxygens (including phenoxy) is 2. The van der Waals surface area contributed by atoms with Gasteiger partial charge in [-0.05, 0) is 19.8 Å². The lowest BCUT2D eigenvalue weighted by Crippen LogP contribution is -2.41. The Hall–Kier alpha value is -2.40. The molecule has 1 aromatic rings. The zero-order valence-electron chi connectivity index (χ0n) is 17.3. The molecule has 8 nitrogen and oxygen atoms in total. The van der Waals surface area contributed by atoms with Gasteiger partial charge in [-0.15, -0.1) is 11.3 Å². The molecule has 0 spiro atoms. The second-order valence-electron chi connectivity index (χ2n) is 7.84. The van der Waals surface area contributed by atoms with Crippen molar-refractivity contribution < 1.29 is 27.8 Å². The molecule has 0 radical (unpaired) electrons. The van der Waals surface area contributed by atoms with E-state index in [1.165, 1.54) is 18.4 Å². The van der Waals surface area contributed by atoms with Crippen molar-refractivity contribution in [3.63, 3.8) is 0 Å². The van der Waals surface area contributed by atoms with E-state index >= 15 is 0 Å². The number of fused-ring (bicyclic) bond motifs is 1. The minimum Gasteiger partial charge on any atom is -0.469 e. The van der Waals surface area contributed by atoms with Gasteiger partial charge in [0.25, 0.3) is 5.92 Å². The molecule has 31 heavy (non-hydrogen) atoms. The molecule has 0 amide bonds. The first kappa shape index (κ1) is 21.8. The summed E-state index contributed by atoms with van der Waals surface area (Å²) >= 11 is 1.39. The van der Waals surface area contributed by atoms with Crippen LogP contribution in [0.25, 0.3) is 0 Å². The standard InChI is InChI=1S/C20H24F2N4O4S/c1-3-30-19(28)12-8-24-16(17-23-4-5-31-17)25-14(12)9-26-10-20(21,22)13-6-11(7-15(13)26)18(27)29-2/h4-5,11,13,15H,3,6-10H2,1-2H3,(H,24,25). The van der Waals surface area contributed by atoms with Crippen LogP contribution in [0, 0.1) is 11.8 Å². The smallest absolute Gasteiger partial charge is 0.337 e. The van der Waals surface area contributed by atoms with Gasteiger partial charge in [-0.1, -0.05) is 0 Å². The number of aliphatic imine (C=N–C) groups is 1. The highest BCUT2D eigenvalue weighted by molar-refractivity contribution is 7.11. The molecular formula is C20H24F2N4O4S. The van der Waals surface area contributed by atoms with Crippen LogP contribution in [0.2, 0.25) is 0 Å². The van der Waals surface area contributed by atoms with Gasteiger partial charge >= 0.3 is 11.9 Å². The maximum Gasteiger partial charge on any atom is 0.337 e. The molecule has 3 atom stereocenters. The van der Waals surface area contributed by atoms with Crippen LogP contribution in [-0.2, 0) is 19.1 Å². The number of carbonyl (C=O) groups is 2. The maximum atomic E-state index is 14.8. The van der Waals surface area contributed by atoms with Crippen LogP contribution in [-0.4, -0.2) is 73.0 Å². The fourth-order valence-corrected chi connectivity index (χ4v) is 5.23. The van der Waals surface area contributed by atoms with Crippen LogP contribution in [0.3, 0.4) is 0 Å². The summed E-state index contributed by atoms with van der Waals surface area (Å²) in [6.45, 7) is 1.66. The van der Waals surface area contributed by atoms with Crippen LogP contribution in [0.5, 0.6) is 0 Å². The normalized spacial score (nSPS) is 27.5. The van der Waals surface area contributed by atoms with Gasteiger partial charge in [0.2, 0.25) is 0 Å². The number of hydrogen-bond acceptors (Lipinski definition) is 9. The van der Waals surface area contributed by atoms with E-state index < -0.39 is 42.3 Å². The van der Waals surface area contributed by atoms with Crippen LogP contribution < -0.4 is 5.32 Å². The monoisotopic (exact) mass is 454 g/mol. The Morgan fingerprint density at radius 2 is 2.19 bits per heavy atom. The minimum atomic E-state index is -2.92.